The molecule has 4 nitrogen and oxygen atoms in total. The molecule has 1 amide bonds. The van der Waals surface area contributed by atoms with Gasteiger partial charge in [-0.05, 0) is 59.3 Å². The van der Waals surface area contributed by atoms with E-state index >= 15 is 0 Å². The molecule has 0 aliphatic heterocycles. The number of anilines is 1. The van der Waals surface area contributed by atoms with E-state index in [1.807, 2.05) is 22.6 Å². The molecule has 0 radical (unpaired) electrons. The minimum Gasteiger partial charge on any atom is -0.497 e. The molecule has 128 valence electrons. The number of methoxy groups -OCH3 is 1. The molecule has 0 fully saturated rings. The second-order valence-electron chi connectivity index (χ2n) is 5.14. The lowest BCUT2D eigenvalue weighted by atomic mass is 10.2. The van der Waals surface area contributed by atoms with E-state index in [0.717, 1.165) is 12.8 Å². The molecule has 0 saturated carbocycles. The van der Waals surface area contributed by atoms with Gasteiger partial charge in [0.25, 0.3) is 5.91 Å². The van der Waals surface area contributed by atoms with Gasteiger partial charge >= 0.3 is 0 Å². The predicted octanol–water partition coefficient (Wildman–Crippen LogP) is 4.87. The van der Waals surface area contributed by atoms with Crippen LogP contribution in [0.4, 0.5) is 10.1 Å². The summed E-state index contributed by atoms with van der Waals surface area (Å²) in [7, 11) is 1.56. The minimum atomic E-state index is -0.374. The summed E-state index contributed by atoms with van der Waals surface area (Å²) in [6, 6.07) is 9.29. The first-order valence-electron chi connectivity index (χ1n) is 7.62. The van der Waals surface area contributed by atoms with Gasteiger partial charge in [-0.15, -0.1) is 0 Å². The summed E-state index contributed by atoms with van der Waals surface area (Å²) in [5.41, 5.74) is 0.926. The highest BCUT2D eigenvalue weighted by Gasteiger charge is 2.14. The fraction of sp³-hybridized carbons (Fsp3) is 0.278. The number of carbonyl (C=O) groups is 1. The van der Waals surface area contributed by atoms with Gasteiger partial charge in [0.05, 0.1) is 25.0 Å². The average Bonchev–Trinajstić information content (AvgIpc) is 2.56. The van der Waals surface area contributed by atoms with E-state index < -0.39 is 0 Å². The Balaban J connectivity index is 2.23. The van der Waals surface area contributed by atoms with Gasteiger partial charge in [0, 0.05) is 9.64 Å². The normalized spacial score (nSPS) is 10.3. The van der Waals surface area contributed by atoms with Crippen LogP contribution in [0.15, 0.2) is 36.4 Å². The molecular formula is C18H19FINO3. The van der Waals surface area contributed by atoms with Gasteiger partial charge in [0.1, 0.15) is 17.3 Å². The van der Waals surface area contributed by atoms with E-state index in [0.29, 0.717) is 32.9 Å². The molecule has 2 aromatic carbocycles. The molecule has 24 heavy (non-hydrogen) atoms. The van der Waals surface area contributed by atoms with Gasteiger partial charge < -0.3 is 14.8 Å². The van der Waals surface area contributed by atoms with Crippen LogP contribution in [0.3, 0.4) is 0 Å². The largest absolute Gasteiger partial charge is 0.497 e. The summed E-state index contributed by atoms with van der Waals surface area (Å²) in [6.07, 6.45) is 1.95. The molecular weight excluding hydrogens is 424 g/mol. The zero-order chi connectivity index (χ0) is 17.5. The Hall–Kier alpha value is -1.83. The van der Waals surface area contributed by atoms with Gasteiger partial charge in [0.15, 0.2) is 0 Å². The van der Waals surface area contributed by atoms with Crippen LogP contribution in [0.2, 0.25) is 0 Å². The molecule has 0 aliphatic carbocycles. The molecule has 0 aliphatic rings. The first kappa shape index (κ1) is 18.5. The van der Waals surface area contributed by atoms with Gasteiger partial charge in [-0.2, -0.15) is 0 Å². The molecule has 1 N–H and O–H groups in total. The van der Waals surface area contributed by atoms with Crippen molar-refractivity contribution < 1.29 is 18.7 Å². The van der Waals surface area contributed by atoms with E-state index in [4.69, 9.17) is 9.47 Å². The number of unbranched alkanes of at least 4 members (excludes halogenated alkanes) is 1. The number of amides is 1. The van der Waals surface area contributed by atoms with Gasteiger partial charge in [-0.3, -0.25) is 4.79 Å². The molecule has 0 unspecified atom stereocenters. The molecule has 0 heterocycles. The monoisotopic (exact) mass is 443 g/mol. The SMILES string of the molecule is CCCCOc1ccc(OC)cc1NC(=O)c1ccc(F)cc1I. The summed E-state index contributed by atoms with van der Waals surface area (Å²) in [4.78, 5) is 12.5. The van der Waals surface area contributed by atoms with Crippen LogP contribution in [0, 0.1) is 9.39 Å². The van der Waals surface area contributed by atoms with Crippen molar-refractivity contribution >= 4 is 34.2 Å². The van der Waals surface area contributed by atoms with Crippen molar-refractivity contribution in [2.45, 2.75) is 19.8 Å². The molecule has 2 rings (SSSR count). The van der Waals surface area contributed by atoms with Crippen LogP contribution in [0.1, 0.15) is 30.1 Å². The Morgan fingerprint density at radius 2 is 2.04 bits per heavy atom. The Morgan fingerprint density at radius 1 is 1.25 bits per heavy atom. The second-order valence-corrected chi connectivity index (χ2v) is 6.30. The number of nitrogens with one attached hydrogen (secondary N) is 1. The maximum atomic E-state index is 13.2. The van der Waals surface area contributed by atoms with Crippen molar-refractivity contribution in [3.63, 3.8) is 0 Å². The topological polar surface area (TPSA) is 47.6 Å². The Morgan fingerprint density at radius 3 is 2.71 bits per heavy atom. The van der Waals surface area contributed by atoms with Crippen molar-refractivity contribution in [3.8, 4) is 11.5 Å². The molecule has 0 spiro atoms. The van der Waals surface area contributed by atoms with E-state index in [2.05, 4.69) is 12.2 Å². The molecule has 0 aromatic heterocycles. The number of ether oxygens (including phenoxy) is 2. The van der Waals surface area contributed by atoms with E-state index in [1.54, 1.807) is 25.3 Å². The third-order valence-electron chi connectivity index (χ3n) is 3.37. The number of carbonyl (C=O) groups excluding carboxylic acids is 1. The van der Waals surface area contributed by atoms with Crippen molar-refractivity contribution in [2.24, 2.45) is 0 Å². The van der Waals surface area contributed by atoms with Crippen molar-refractivity contribution in [1.29, 1.82) is 0 Å². The van der Waals surface area contributed by atoms with Crippen molar-refractivity contribution in [3.05, 3.63) is 51.3 Å². The second kappa shape index (κ2) is 8.86. The number of rotatable bonds is 7. The van der Waals surface area contributed by atoms with Gasteiger partial charge in [-0.1, -0.05) is 13.3 Å². The molecule has 0 bridgehead atoms. The van der Waals surface area contributed by atoms with Crippen LogP contribution < -0.4 is 14.8 Å². The lowest BCUT2D eigenvalue weighted by molar-refractivity contribution is 0.102. The van der Waals surface area contributed by atoms with Crippen molar-refractivity contribution in [1.82, 2.24) is 0 Å². The van der Waals surface area contributed by atoms with Crippen LogP contribution in [0.25, 0.3) is 0 Å². The first-order chi connectivity index (χ1) is 11.5. The highest BCUT2D eigenvalue weighted by Crippen LogP contribution is 2.30. The van der Waals surface area contributed by atoms with Gasteiger partial charge in [0.2, 0.25) is 0 Å². The van der Waals surface area contributed by atoms with Crippen LogP contribution in [-0.4, -0.2) is 19.6 Å². The lowest BCUT2D eigenvalue weighted by Crippen LogP contribution is -2.14. The van der Waals surface area contributed by atoms with Crippen LogP contribution >= 0.6 is 22.6 Å². The lowest BCUT2D eigenvalue weighted by Gasteiger charge is -2.14. The zero-order valence-electron chi connectivity index (χ0n) is 13.6. The highest BCUT2D eigenvalue weighted by atomic mass is 127. The third kappa shape index (κ3) is 4.83. The molecule has 0 atom stereocenters. The molecule has 6 heteroatoms. The van der Waals surface area contributed by atoms with Crippen LogP contribution in [0.5, 0.6) is 11.5 Å². The summed E-state index contributed by atoms with van der Waals surface area (Å²) >= 11 is 1.94. The first-order valence-corrected chi connectivity index (χ1v) is 8.70. The van der Waals surface area contributed by atoms with Crippen LogP contribution in [-0.2, 0) is 0 Å². The standard InChI is InChI=1S/C18H19FINO3/c1-3-4-9-24-17-8-6-13(23-2)11-16(17)21-18(22)14-7-5-12(19)10-15(14)20/h5-8,10-11H,3-4,9H2,1-2H3,(H,21,22). The average molecular weight is 443 g/mol. The van der Waals surface area contributed by atoms with E-state index in [9.17, 15) is 9.18 Å². The quantitative estimate of drug-likeness (QED) is 0.491. The Labute approximate surface area is 154 Å². The number of benzene rings is 2. The summed E-state index contributed by atoms with van der Waals surface area (Å²) in [6.45, 7) is 2.65. The van der Waals surface area contributed by atoms with Gasteiger partial charge in [-0.25, -0.2) is 4.39 Å². The zero-order valence-corrected chi connectivity index (χ0v) is 15.7. The minimum absolute atomic E-state index is 0.326. The summed E-state index contributed by atoms with van der Waals surface area (Å²) in [5.74, 6) is 0.491. The fourth-order valence-electron chi connectivity index (χ4n) is 2.05. The molecule has 0 saturated heterocycles. The maximum absolute atomic E-state index is 13.2. The van der Waals surface area contributed by atoms with E-state index in [-0.39, 0.29) is 11.7 Å². The highest BCUT2D eigenvalue weighted by molar-refractivity contribution is 14.1. The van der Waals surface area contributed by atoms with E-state index in [1.165, 1.54) is 18.2 Å². The fourth-order valence-corrected chi connectivity index (χ4v) is 2.77. The summed E-state index contributed by atoms with van der Waals surface area (Å²) in [5, 5.41) is 2.82. The number of hydrogen-bond donors (Lipinski definition) is 1. The smallest absolute Gasteiger partial charge is 0.256 e. The number of hydrogen-bond acceptors (Lipinski definition) is 3. The Bertz CT molecular complexity index is 721. The number of halogens is 2. The third-order valence-corrected chi connectivity index (χ3v) is 4.26. The Kier molecular flexibility index (Phi) is 6.84. The summed E-state index contributed by atoms with van der Waals surface area (Å²) < 4.78 is 24.7. The predicted molar refractivity (Wildman–Crippen MR) is 100 cm³/mol. The van der Waals surface area contributed by atoms with Crippen molar-refractivity contribution in [2.75, 3.05) is 19.0 Å². The molecule has 2 aromatic rings. The maximum Gasteiger partial charge on any atom is 0.256 e.